The van der Waals surface area contributed by atoms with E-state index in [9.17, 15) is 45.5 Å². The van der Waals surface area contributed by atoms with Gasteiger partial charge < -0.3 is 9.47 Å². The lowest BCUT2D eigenvalue weighted by molar-refractivity contribution is -0.138. The topological polar surface area (TPSA) is 93.2 Å². The maximum atomic E-state index is 14.1. The predicted molar refractivity (Wildman–Crippen MR) is 190 cm³/mol. The number of nitrogens with zero attached hydrogens (tertiary/aromatic N) is 2. The molecular formula is C41H32F6N2O6. The van der Waals surface area contributed by atoms with Gasteiger partial charge >= 0.3 is 12.4 Å². The molecule has 0 spiro atoms. The van der Waals surface area contributed by atoms with Crippen molar-refractivity contribution in [2.24, 2.45) is 0 Å². The van der Waals surface area contributed by atoms with Crippen molar-refractivity contribution in [2.45, 2.75) is 59.3 Å². The van der Waals surface area contributed by atoms with Gasteiger partial charge in [0.15, 0.2) is 0 Å². The number of hydrogen-bond acceptors (Lipinski definition) is 6. The Balaban J connectivity index is 1.27. The van der Waals surface area contributed by atoms with Crippen molar-refractivity contribution < 1.29 is 55.0 Å². The van der Waals surface area contributed by atoms with E-state index in [2.05, 4.69) is 0 Å². The maximum Gasteiger partial charge on any atom is 0.418 e. The molecule has 0 N–H and O–H groups in total. The van der Waals surface area contributed by atoms with Crippen LogP contribution in [0, 0.1) is 27.7 Å². The highest BCUT2D eigenvalue weighted by molar-refractivity contribution is 6.29. The van der Waals surface area contributed by atoms with E-state index in [1.807, 2.05) is 38.1 Å². The smallest absolute Gasteiger partial charge is 0.418 e. The number of amides is 4. The highest BCUT2D eigenvalue weighted by Crippen LogP contribution is 2.45. The number of halogens is 6. The zero-order chi connectivity index (χ0) is 40.4. The van der Waals surface area contributed by atoms with Gasteiger partial charge in [-0.2, -0.15) is 26.3 Å². The lowest BCUT2D eigenvalue weighted by Crippen LogP contribution is -2.31. The van der Waals surface area contributed by atoms with Gasteiger partial charge in [-0.1, -0.05) is 38.1 Å². The maximum absolute atomic E-state index is 14.1. The third-order valence-electron chi connectivity index (χ3n) is 9.45. The first kappa shape index (κ1) is 38.5. The van der Waals surface area contributed by atoms with Crippen LogP contribution in [0.15, 0.2) is 85.0 Å². The SMILES string of the molecule is Cc1cc(C(C)(C)c2cc(C)c(Oc3ccc(N4C(=O)C=CC4=O)c(C(F)(F)F)c3)c(C)c2)cc(C)c1Oc1ccc(N2C(=O)C=CC2=O)c(C(F)(F)F)c1. The minimum absolute atomic E-state index is 0.157. The van der Waals surface area contributed by atoms with Gasteiger partial charge in [0.2, 0.25) is 0 Å². The molecule has 4 amide bonds. The number of ether oxygens (including phenoxy) is 2. The summed E-state index contributed by atoms with van der Waals surface area (Å²) >= 11 is 0. The number of benzene rings is 4. The summed E-state index contributed by atoms with van der Waals surface area (Å²) in [4.78, 5) is 49.5. The fourth-order valence-electron chi connectivity index (χ4n) is 6.62. The molecule has 0 aliphatic carbocycles. The van der Waals surface area contributed by atoms with E-state index in [1.165, 1.54) is 12.1 Å². The number of carbonyl (C=O) groups is 4. The van der Waals surface area contributed by atoms with Crippen LogP contribution in [0.3, 0.4) is 0 Å². The summed E-state index contributed by atoms with van der Waals surface area (Å²) in [6.45, 7) is 10.9. The number of carbonyl (C=O) groups excluding carboxylic acids is 4. The van der Waals surface area contributed by atoms with Gasteiger partial charge in [0, 0.05) is 29.7 Å². The molecule has 0 radical (unpaired) electrons. The van der Waals surface area contributed by atoms with Crippen LogP contribution in [0.4, 0.5) is 37.7 Å². The van der Waals surface area contributed by atoms with Crippen molar-refractivity contribution in [1.82, 2.24) is 0 Å². The van der Waals surface area contributed by atoms with Gasteiger partial charge in [-0.15, -0.1) is 0 Å². The van der Waals surface area contributed by atoms with Crippen LogP contribution in [0.5, 0.6) is 23.0 Å². The fourth-order valence-corrected chi connectivity index (χ4v) is 6.62. The number of imide groups is 2. The Hall–Kier alpha value is -6.18. The van der Waals surface area contributed by atoms with Gasteiger partial charge in [-0.05, 0) is 97.5 Å². The van der Waals surface area contributed by atoms with Crippen LogP contribution in [-0.4, -0.2) is 23.6 Å². The quantitative estimate of drug-likeness (QED) is 0.131. The largest absolute Gasteiger partial charge is 0.457 e. The van der Waals surface area contributed by atoms with Crippen molar-refractivity contribution >= 4 is 35.0 Å². The molecule has 4 aromatic carbocycles. The number of anilines is 2. The van der Waals surface area contributed by atoms with Crippen LogP contribution >= 0.6 is 0 Å². The Bertz CT molecular complexity index is 2130. The van der Waals surface area contributed by atoms with Crippen LogP contribution in [0.1, 0.15) is 58.4 Å². The zero-order valence-electron chi connectivity index (χ0n) is 30.2. The lowest BCUT2D eigenvalue weighted by Gasteiger charge is -2.29. The van der Waals surface area contributed by atoms with E-state index < -0.39 is 63.9 Å². The summed E-state index contributed by atoms with van der Waals surface area (Å²) in [5, 5.41) is 0. The Kier molecular flexibility index (Phi) is 9.52. The van der Waals surface area contributed by atoms with Crippen molar-refractivity contribution in [2.75, 3.05) is 9.80 Å². The molecule has 8 nitrogen and oxygen atoms in total. The standard InChI is InChI=1S/C41H32F6N2O6/c1-21-15-25(16-22(2)37(21)54-27-7-9-31(29(19-27)40(42,43)44)48-33(50)11-12-34(48)51)39(5,6)26-17-23(3)38(24(4)18-26)55-28-8-10-32(30(20-28)41(45,46)47)49-35(52)13-14-36(49)53/h7-20H,1-6H3. The molecule has 2 aliphatic rings. The number of hydrogen-bond donors (Lipinski definition) is 0. The molecule has 0 atom stereocenters. The molecule has 0 saturated carbocycles. The molecule has 0 aromatic heterocycles. The number of rotatable bonds is 8. The van der Waals surface area contributed by atoms with Crippen molar-refractivity contribution in [3.05, 3.63) is 129 Å². The molecule has 55 heavy (non-hydrogen) atoms. The van der Waals surface area contributed by atoms with Gasteiger partial charge in [-0.25, -0.2) is 9.80 Å². The van der Waals surface area contributed by atoms with E-state index in [0.29, 0.717) is 43.6 Å². The first-order chi connectivity index (χ1) is 25.6. The third-order valence-corrected chi connectivity index (χ3v) is 9.45. The monoisotopic (exact) mass is 762 g/mol. The van der Waals surface area contributed by atoms with Crippen molar-refractivity contribution in [1.29, 1.82) is 0 Å². The molecule has 0 bridgehead atoms. The highest BCUT2D eigenvalue weighted by atomic mass is 19.4. The second-order valence-electron chi connectivity index (χ2n) is 13.8. The van der Waals surface area contributed by atoms with Gasteiger partial charge in [0.25, 0.3) is 23.6 Å². The Morgan fingerprint density at radius 2 is 0.764 bits per heavy atom. The van der Waals surface area contributed by atoms with Gasteiger partial charge in [-0.3, -0.25) is 19.2 Å². The second kappa shape index (κ2) is 13.6. The normalized spacial score (nSPS) is 14.8. The first-order valence-electron chi connectivity index (χ1n) is 16.7. The molecule has 4 aromatic rings. The minimum atomic E-state index is -4.90. The Morgan fingerprint density at radius 3 is 1.04 bits per heavy atom. The first-order valence-corrected chi connectivity index (χ1v) is 16.7. The molecular weight excluding hydrogens is 730 g/mol. The predicted octanol–water partition coefficient (Wildman–Crippen LogP) is 9.73. The molecule has 0 saturated heterocycles. The molecule has 2 aliphatic heterocycles. The van der Waals surface area contributed by atoms with E-state index >= 15 is 0 Å². The average molecular weight is 763 g/mol. The number of aryl methyl sites for hydroxylation is 4. The van der Waals surface area contributed by atoms with Crippen LogP contribution in [0.25, 0.3) is 0 Å². The zero-order valence-corrected chi connectivity index (χ0v) is 30.2. The molecule has 284 valence electrons. The summed E-state index contributed by atoms with van der Waals surface area (Å²) in [7, 11) is 0. The summed E-state index contributed by atoms with van der Waals surface area (Å²) < 4.78 is 96.7. The third kappa shape index (κ3) is 7.23. The van der Waals surface area contributed by atoms with E-state index in [1.54, 1.807) is 27.7 Å². The lowest BCUT2D eigenvalue weighted by atomic mass is 9.76. The molecule has 6 rings (SSSR count). The van der Waals surface area contributed by atoms with Crippen LogP contribution in [-0.2, 0) is 36.9 Å². The van der Waals surface area contributed by atoms with E-state index in [0.717, 1.165) is 59.7 Å². The van der Waals surface area contributed by atoms with Gasteiger partial charge in [0.05, 0.1) is 22.5 Å². The minimum Gasteiger partial charge on any atom is -0.457 e. The highest BCUT2D eigenvalue weighted by Gasteiger charge is 2.40. The van der Waals surface area contributed by atoms with Crippen LogP contribution < -0.4 is 19.3 Å². The summed E-state index contributed by atoms with van der Waals surface area (Å²) in [5.74, 6) is -3.24. The van der Waals surface area contributed by atoms with Crippen molar-refractivity contribution in [3.63, 3.8) is 0 Å². The van der Waals surface area contributed by atoms with E-state index in [4.69, 9.17) is 9.47 Å². The summed E-state index contributed by atoms with van der Waals surface area (Å²) in [5.41, 5.74) is -0.204. The number of alkyl halides is 6. The molecule has 0 unspecified atom stereocenters. The van der Waals surface area contributed by atoms with Crippen molar-refractivity contribution in [3.8, 4) is 23.0 Å². The Labute approximate surface area is 311 Å². The molecule has 14 heteroatoms. The van der Waals surface area contributed by atoms with Gasteiger partial charge in [0.1, 0.15) is 23.0 Å². The summed E-state index contributed by atoms with van der Waals surface area (Å²) in [6.07, 6.45) is -6.22. The second-order valence-corrected chi connectivity index (χ2v) is 13.8. The Morgan fingerprint density at radius 1 is 0.473 bits per heavy atom. The van der Waals surface area contributed by atoms with Crippen LogP contribution in [0.2, 0.25) is 0 Å². The molecule has 0 fully saturated rings. The van der Waals surface area contributed by atoms with E-state index in [-0.39, 0.29) is 11.5 Å². The fraction of sp³-hybridized carbons (Fsp3) is 0.220. The molecule has 2 heterocycles. The average Bonchev–Trinajstić information content (AvgIpc) is 3.61. The summed E-state index contributed by atoms with van der Waals surface area (Å²) in [6, 6.07) is 13.4.